The summed E-state index contributed by atoms with van der Waals surface area (Å²) in [6, 6.07) is 13.4. The van der Waals surface area contributed by atoms with E-state index in [9.17, 15) is 4.79 Å². The number of aromatic nitrogens is 3. The van der Waals surface area contributed by atoms with Crippen LogP contribution in [0.4, 0.5) is 0 Å². The van der Waals surface area contributed by atoms with Gasteiger partial charge in [-0.15, -0.1) is 0 Å². The van der Waals surface area contributed by atoms with Crippen molar-refractivity contribution in [3.05, 3.63) is 76.3 Å². The van der Waals surface area contributed by atoms with Crippen LogP contribution in [0.25, 0.3) is 16.6 Å². The standard InChI is InChI=1S/C20H16ClN5O/c1-12-6-5-7-14-10-15(19(21)24-17(12)14)11-22-25-20(27)18-13(2)23-16-8-3-4-9-26(16)18/h3-11H,1-2H3,(H,25,27)/b22-11-. The molecule has 27 heavy (non-hydrogen) atoms. The Bertz CT molecular complexity index is 1210. The highest BCUT2D eigenvalue weighted by Gasteiger charge is 2.15. The minimum Gasteiger partial charge on any atom is -0.295 e. The van der Waals surface area contributed by atoms with Gasteiger partial charge in [-0.25, -0.2) is 15.4 Å². The summed E-state index contributed by atoms with van der Waals surface area (Å²) in [5.74, 6) is -0.344. The number of nitrogens with zero attached hydrogens (tertiary/aromatic N) is 4. The molecule has 3 heterocycles. The van der Waals surface area contributed by atoms with Crippen LogP contribution in [0.3, 0.4) is 0 Å². The molecule has 1 aromatic carbocycles. The van der Waals surface area contributed by atoms with E-state index in [-0.39, 0.29) is 5.91 Å². The Morgan fingerprint density at radius 1 is 1.19 bits per heavy atom. The molecule has 4 rings (SSSR count). The Morgan fingerprint density at radius 2 is 2.04 bits per heavy atom. The molecular formula is C20H16ClN5O. The van der Waals surface area contributed by atoms with E-state index in [4.69, 9.17) is 11.6 Å². The van der Waals surface area contributed by atoms with E-state index in [1.807, 2.05) is 49.4 Å². The number of hydrazone groups is 1. The molecule has 0 aliphatic carbocycles. The van der Waals surface area contributed by atoms with Crippen LogP contribution in [-0.2, 0) is 0 Å². The maximum Gasteiger partial charge on any atom is 0.290 e. The molecule has 0 aliphatic heterocycles. The minimum absolute atomic E-state index is 0.334. The van der Waals surface area contributed by atoms with E-state index in [0.717, 1.165) is 16.5 Å². The lowest BCUT2D eigenvalue weighted by Crippen LogP contribution is -2.20. The van der Waals surface area contributed by atoms with E-state index < -0.39 is 0 Å². The minimum atomic E-state index is -0.344. The SMILES string of the molecule is Cc1nc2ccccn2c1C(=O)N/N=C\c1cc2cccc(C)c2nc1Cl. The molecular weight excluding hydrogens is 362 g/mol. The second-order valence-corrected chi connectivity index (χ2v) is 6.55. The number of nitrogens with one attached hydrogen (secondary N) is 1. The molecule has 0 atom stereocenters. The van der Waals surface area contributed by atoms with Gasteiger partial charge < -0.3 is 0 Å². The average Bonchev–Trinajstić information content (AvgIpc) is 2.98. The highest BCUT2D eigenvalue weighted by atomic mass is 35.5. The van der Waals surface area contributed by atoms with Crippen molar-refractivity contribution >= 4 is 40.3 Å². The third-order valence-corrected chi connectivity index (χ3v) is 4.62. The Hall–Kier alpha value is -3.25. The summed E-state index contributed by atoms with van der Waals surface area (Å²) < 4.78 is 1.73. The van der Waals surface area contributed by atoms with Crippen LogP contribution in [0, 0.1) is 13.8 Å². The number of rotatable bonds is 3. The van der Waals surface area contributed by atoms with Gasteiger partial charge in [0.05, 0.1) is 17.4 Å². The highest BCUT2D eigenvalue weighted by molar-refractivity contribution is 6.32. The molecule has 0 saturated carbocycles. The van der Waals surface area contributed by atoms with Crippen LogP contribution in [0.1, 0.15) is 27.3 Å². The van der Waals surface area contributed by atoms with Gasteiger partial charge in [-0.2, -0.15) is 5.10 Å². The number of hydrogen-bond donors (Lipinski definition) is 1. The van der Waals surface area contributed by atoms with Gasteiger partial charge in [0.25, 0.3) is 5.91 Å². The molecule has 0 radical (unpaired) electrons. The van der Waals surface area contributed by atoms with Gasteiger partial charge in [0, 0.05) is 17.1 Å². The maximum atomic E-state index is 12.5. The molecule has 3 aromatic heterocycles. The zero-order valence-corrected chi connectivity index (χ0v) is 15.5. The molecule has 1 amide bonds. The summed E-state index contributed by atoms with van der Waals surface area (Å²) in [5.41, 5.74) is 6.86. The molecule has 0 saturated heterocycles. The van der Waals surface area contributed by atoms with E-state index in [2.05, 4.69) is 20.5 Å². The first kappa shape index (κ1) is 17.2. The largest absolute Gasteiger partial charge is 0.295 e. The molecule has 0 fully saturated rings. The van der Waals surface area contributed by atoms with Crippen molar-refractivity contribution in [2.75, 3.05) is 0 Å². The summed E-state index contributed by atoms with van der Waals surface area (Å²) in [7, 11) is 0. The van der Waals surface area contributed by atoms with E-state index in [1.54, 1.807) is 17.5 Å². The average molecular weight is 378 g/mol. The predicted molar refractivity (Wildman–Crippen MR) is 106 cm³/mol. The highest BCUT2D eigenvalue weighted by Crippen LogP contribution is 2.21. The van der Waals surface area contributed by atoms with E-state index in [1.165, 1.54) is 6.21 Å². The molecule has 0 unspecified atom stereocenters. The summed E-state index contributed by atoms with van der Waals surface area (Å²) in [6.07, 6.45) is 3.29. The summed E-state index contributed by atoms with van der Waals surface area (Å²) >= 11 is 6.26. The van der Waals surface area contributed by atoms with Gasteiger partial charge in [0.15, 0.2) is 0 Å². The lowest BCUT2D eigenvalue weighted by Gasteiger charge is -2.05. The number of pyridine rings is 2. The van der Waals surface area contributed by atoms with Crippen molar-refractivity contribution < 1.29 is 4.79 Å². The molecule has 0 aliphatic rings. The number of aryl methyl sites for hydroxylation is 2. The first-order chi connectivity index (χ1) is 13.0. The van der Waals surface area contributed by atoms with Gasteiger partial charge in [-0.3, -0.25) is 9.20 Å². The quantitative estimate of drug-likeness (QED) is 0.334. The third kappa shape index (κ3) is 3.15. The van der Waals surface area contributed by atoms with Crippen LogP contribution in [-0.4, -0.2) is 26.5 Å². The number of amides is 1. The monoisotopic (exact) mass is 377 g/mol. The Labute approximate surface area is 160 Å². The second kappa shape index (κ2) is 6.81. The number of benzene rings is 1. The third-order valence-electron chi connectivity index (χ3n) is 4.32. The fourth-order valence-electron chi connectivity index (χ4n) is 3.03. The van der Waals surface area contributed by atoms with Gasteiger partial charge in [-0.05, 0) is 37.6 Å². The van der Waals surface area contributed by atoms with Crippen molar-refractivity contribution in [1.29, 1.82) is 0 Å². The summed E-state index contributed by atoms with van der Waals surface area (Å²) in [5, 5.41) is 5.34. The first-order valence-electron chi connectivity index (χ1n) is 8.37. The number of para-hydroxylation sites is 1. The topological polar surface area (TPSA) is 71.7 Å². The van der Waals surface area contributed by atoms with Crippen LogP contribution in [0.2, 0.25) is 5.15 Å². The van der Waals surface area contributed by atoms with E-state index >= 15 is 0 Å². The van der Waals surface area contributed by atoms with Crippen LogP contribution in [0.5, 0.6) is 0 Å². The van der Waals surface area contributed by atoms with E-state index in [0.29, 0.717) is 27.8 Å². The zero-order chi connectivity index (χ0) is 19.0. The van der Waals surface area contributed by atoms with Gasteiger partial charge in [-0.1, -0.05) is 35.9 Å². The molecule has 7 heteroatoms. The van der Waals surface area contributed by atoms with Crippen LogP contribution in [0.15, 0.2) is 53.8 Å². The molecule has 1 N–H and O–H groups in total. The Kier molecular flexibility index (Phi) is 4.33. The normalized spacial score (nSPS) is 11.5. The smallest absolute Gasteiger partial charge is 0.290 e. The lowest BCUT2D eigenvalue weighted by atomic mass is 10.1. The Balaban J connectivity index is 1.60. The van der Waals surface area contributed by atoms with Crippen LogP contribution >= 0.6 is 11.6 Å². The Morgan fingerprint density at radius 3 is 2.89 bits per heavy atom. The van der Waals surface area contributed by atoms with Gasteiger partial charge in [0.2, 0.25) is 0 Å². The fraction of sp³-hybridized carbons (Fsp3) is 0.100. The van der Waals surface area contributed by atoms with Crippen LogP contribution < -0.4 is 5.43 Å². The fourth-order valence-corrected chi connectivity index (χ4v) is 3.22. The number of carbonyl (C=O) groups is 1. The second-order valence-electron chi connectivity index (χ2n) is 6.19. The van der Waals surface area contributed by atoms with Crippen molar-refractivity contribution in [2.24, 2.45) is 5.10 Å². The van der Waals surface area contributed by atoms with Gasteiger partial charge >= 0.3 is 0 Å². The number of hydrogen-bond acceptors (Lipinski definition) is 4. The number of halogens is 1. The maximum absolute atomic E-state index is 12.5. The molecule has 6 nitrogen and oxygen atoms in total. The van der Waals surface area contributed by atoms with Gasteiger partial charge in [0.1, 0.15) is 16.5 Å². The number of fused-ring (bicyclic) bond motifs is 2. The van der Waals surface area contributed by atoms with Crippen molar-refractivity contribution in [3.8, 4) is 0 Å². The predicted octanol–water partition coefficient (Wildman–Crippen LogP) is 3.92. The van der Waals surface area contributed by atoms with Crippen molar-refractivity contribution in [3.63, 3.8) is 0 Å². The molecule has 0 spiro atoms. The lowest BCUT2D eigenvalue weighted by molar-refractivity contribution is 0.0948. The molecule has 0 bridgehead atoms. The van der Waals surface area contributed by atoms with Crippen molar-refractivity contribution in [1.82, 2.24) is 19.8 Å². The summed E-state index contributed by atoms with van der Waals surface area (Å²) in [4.78, 5) is 21.3. The number of carbonyl (C=O) groups excluding carboxylic acids is 1. The molecule has 134 valence electrons. The summed E-state index contributed by atoms with van der Waals surface area (Å²) in [6.45, 7) is 3.77. The van der Waals surface area contributed by atoms with Crippen molar-refractivity contribution in [2.45, 2.75) is 13.8 Å². The number of imidazole rings is 1. The molecule has 4 aromatic rings. The zero-order valence-electron chi connectivity index (χ0n) is 14.8. The first-order valence-corrected chi connectivity index (χ1v) is 8.75.